The standard InChI is InChI=1S/C26H22N4O2/c31-25(29-15-17-2-1-10-27-14-17)19-5-3-18(4-6-19)23-13-24(23)26(32)30-22-8-7-21-16-28-11-9-20(21)12-22/h1-12,14,16,23-24H,13,15H2,(H,29,31)(H,30,32). The average molecular weight is 422 g/mol. The van der Waals surface area contributed by atoms with Crippen molar-refractivity contribution in [1.82, 2.24) is 15.3 Å². The van der Waals surface area contributed by atoms with Crippen molar-refractivity contribution in [3.8, 4) is 0 Å². The molecule has 32 heavy (non-hydrogen) atoms. The van der Waals surface area contributed by atoms with E-state index in [4.69, 9.17) is 0 Å². The Bertz CT molecular complexity index is 1270. The van der Waals surface area contributed by atoms with Crippen LogP contribution in [-0.4, -0.2) is 21.8 Å². The molecule has 6 heteroatoms. The third-order valence-corrected chi connectivity index (χ3v) is 5.81. The van der Waals surface area contributed by atoms with Crippen molar-refractivity contribution in [2.24, 2.45) is 5.92 Å². The Kier molecular flexibility index (Phi) is 5.34. The van der Waals surface area contributed by atoms with Gasteiger partial charge in [-0.05, 0) is 65.3 Å². The van der Waals surface area contributed by atoms with Gasteiger partial charge in [0, 0.05) is 53.9 Å². The lowest BCUT2D eigenvalue weighted by Gasteiger charge is -2.08. The van der Waals surface area contributed by atoms with Crippen LogP contribution < -0.4 is 10.6 Å². The quantitative estimate of drug-likeness (QED) is 0.485. The van der Waals surface area contributed by atoms with Gasteiger partial charge in [-0.1, -0.05) is 24.3 Å². The molecule has 0 spiro atoms. The number of carbonyl (C=O) groups is 2. The fraction of sp³-hybridized carbons (Fsp3) is 0.154. The molecule has 1 aliphatic rings. The molecule has 2 heterocycles. The number of anilines is 1. The predicted octanol–water partition coefficient (Wildman–Crippen LogP) is 4.30. The van der Waals surface area contributed by atoms with Crippen LogP contribution in [0.2, 0.25) is 0 Å². The molecule has 1 aliphatic carbocycles. The second kappa shape index (κ2) is 8.59. The Balaban J connectivity index is 1.17. The summed E-state index contributed by atoms with van der Waals surface area (Å²) in [5.74, 6) is 0.0410. The number of pyridine rings is 2. The van der Waals surface area contributed by atoms with Crippen LogP contribution in [0.5, 0.6) is 0 Å². The van der Waals surface area contributed by atoms with Gasteiger partial charge in [-0.2, -0.15) is 0 Å². The number of rotatable bonds is 6. The molecule has 0 radical (unpaired) electrons. The van der Waals surface area contributed by atoms with Crippen LogP contribution in [0.25, 0.3) is 10.8 Å². The molecule has 6 nitrogen and oxygen atoms in total. The van der Waals surface area contributed by atoms with E-state index >= 15 is 0 Å². The summed E-state index contributed by atoms with van der Waals surface area (Å²) < 4.78 is 0. The summed E-state index contributed by atoms with van der Waals surface area (Å²) >= 11 is 0. The lowest BCUT2D eigenvalue weighted by Crippen LogP contribution is -2.22. The van der Waals surface area contributed by atoms with Gasteiger partial charge >= 0.3 is 0 Å². The van der Waals surface area contributed by atoms with Crippen LogP contribution in [0.4, 0.5) is 5.69 Å². The van der Waals surface area contributed by atoms with Crippen LogP contribution in [0.15, 0.2) is 85.5 Å². The molecule has 2 aromatic heterocycles. The maximum Gasteiger partial charge on any atom is 0.251 e. The Morgan fingerprint density at radius 1 is 0.906 bits per heavy atom. The van der Waals surface area contributed by atoms with Crippen molar-refractivity contribution in [1.29, 1.82) is 0 Å². The topological polar surface area (TPSA) is 84.0 Å². The highest BCUT2D eigenvalue weighted by atomic mass is 16.2. The first kappa shape index (κ1) is 19.9. The number of nitrogens with one attached hydrogen (secondary N) is 2. The normalized spacial score (nSPS) is 17.0. The highest BCUT2D eigenvalue weighted by Gasteiger charge is 2.43. The fourth-order valence-corrected chi connectivity index (χ4v) is 3.92. The first-order valence-electron chi connectivity index (χ1n) is 10.6. The van der Waals surface area contributed by atoms with E-state index in [2.05, 4.69) is 20.6 Å². The molecule has 2 N–H and O–H groups in total. The van der Waals surface area contributed by atoms with E-state index in [-0.39, 0.29) is 23.7 Å². The molecule has 158 valence electrons. The fourth-order valence-electron chi connectivity index (χ4n) is 3.92. The Morgan fingerprint density at radius 3 is 2.56 bits per heavy atom. The molecule has 2 amide bonds. The number of benzene rings is 2. The third-order valence-electron chi connectivity index (χ3n) is 5.81. The van der Waals surface area contributed by atoms with E-state index in [1.165, 1.54) is 0 Å². The summed E-state index contributed by atoms with van der Waals surface area (Å²) in [5.41, 5.74) is 3.43. The zero-order valence-corrected chi connectivity index (χ0v) is 17.4. The van der Waals surface area contributed by atoms with E-state index in [1.807, 2.05) is 60.7 Å². The monoisotopic (exact) mass is 422 g/mol. The van der Waals surface area contributed by atoms with E-state index in [0.717, 1.165) is 34.0 Å². The molecule has 2 unspecified atom stereocenters. The minimum Gasteiger partial charge on any atom is -0.348 e. The predicted molar refractivity (Wildman–Crippen MR) is 123 cm³/mol. The number of fused-ring (bicyclic) bond motifs is 1. The lowest BCUT2D eigenvalue weighted by molar-refractivity contribution is -0.117. The summed E-state index contributed by atoms with van der Waals surface area (Å²) in [6, 6.07) is 19.0. The molecule has 4 aromatic rings. The summed E-state index contributed by atoms with van der Waals surface area (Å²) in [4.78, 5) is 33.2. The molecular formula is C26H22N4O2. The zero-order chi connectivity index (χ0) is 21.9. The highest BCUT2D eigenvalue weighted by Crippen LogP contribution is 2.48. The van der Waals surface area contributed by atoms with Gasteiger partial charge < -0.3 is 10.6 Å². The third kappa shape index (κ3) is 4.34. The van der Waals surface area contributed by atoms with Crippen molar-refractivity contribution < 1.29 is 9.59 Å². The van der Waals surface area contributed by atoms with Crippen LogP contribution in [-0.2, 0) is 11.3 Å². The van der Waals surface area contributed by atoms with Gasteiger partial charge in [-0.15, -0.1) is 0 Å². The van der Waals surface area contributed by atoms with E-state index < -0.39 is 0 Å². The van der Waals surface area contributed by atoms with Crippen molar-refractivity contribution >= 4 is 28.3 Å². The molecule has 2 atom stereocenters. The number of aromatic nitrogens is 2. The van der Waals surface area contributed by atoms with Crippen molar-refractivity contribution in [2.75, 3.05) is 5.32 Å². The average Bonchev–Trinajstić information content (AvgIpc) is 3.64. The Morgan fingerprint density at radius 2 is 1.75 bits per heavy atom. The number of nitrogens with zero attached hydrogens (tertiary/aromatic N) is 2. The van der Waals surface area contributed by atoms with E-state index in [1.54, 1.807) is 24.8 Å². The molecule has 5 rings (SSSR count). The number of carbonyl (C=O) groups excluding carboxylic acids is 2. The van der Waals surface area contributed by atoms with E-state index in [0.29, 0.717) is 12.1 Å². The van der Waals surface area contributed by atoms with Gasteiger partial charge in [0.2, 0.25) is 5.91 Å². The maximum atomic E-state index is 12.7. The molecular weight excluding hydrogens is 400 g/mol. The number of hydrogen-bond acceptors (Lipinski definition) is 4. The van der Waals surface area contributed by atoms with Gasteiger partial charge in [0.15, 0.2) is 0 Å². The summed E-state index contributed by atoms with van der Waals surface area (Å²) in [6.07, 6.45) is 7.80. The van der Waals surface area contributed by atoms with Crippen LogP contribution in [0.1, 0.15) is 33.8 Å². The molecule has 1 fully saturated rings. The molecule has 2 aromatic carbocycles. The highest BCUT2D eigenvalue weighted by molar-refractivity contribution is 5.97. The second-order valence-corrected chi connectivity index (χ2v) is 8.04. The summed E-state index contributed by atoms with van der Waals surface area (Å²) in [7, 11) is 0. The number of hydrogen-bond donors (Lipinski definition) is 2. The minimum atomic E-state index is -0.128. The van der Waals surface area contributed by atoms with Crippen molar-refractivity contribution in [2.45, 2.75) is 18.9 Å². The zero-order valence-electron chi connectivity index (χ0n) is 17.4. The SMILES string of the molecule is O=C(NCc1cccnc1)c1ccc(C2CC2C(=O)Nc2ccc3cnccc3c2)cc1. The Hall–Kier alpha value is -4.06. The number of amides is 2. The Labute approximate surface area is 185 Å². The van der Waals surface area contributed by atoms with Gasteiger partial charge in [0.1, 0.15) is 0 Å². The summed E-state index contributed by atoms with van der Waals surface area (Å²) in [5, 5.41) is 8.01. The van der Waals surface area contributed by atoms with E-state index in [9.17, 15) is 9.59 Å². The van der Waals surface area contributed by atoms with Crippen LogP contribution in [0, 0.1) is 5.92 Å². The second-order valence-electron chi connectivity index (χ2n) is 8.04. The van der Waals surface area contributed by atoms with Crippen molar-refractivity contribution in [3.63, 3.8) is 0 Å². The van der Waals surface area contributed by atoms with Crippen molar-refractivity contribution in [3.05, 3.63) is 102 Å². The smallest absolute Gasteiger partial charge is 0.251 e. The summed E-state index contributed by atoms with van der Waals surface area (Å²) in [6.45, 7) is 0.435. The first-order valence-corrected chi connectivity index (χ1v) is 10.6. The lowest BCUT2D eigenvalue weighted by atomic mass is 10.1. The van der Waals surface area contributed by atoms with Gasteiger partial charge in [-0.3, -0.25) is 19.6 Å². The molecule has 0 bridgehead atoms. The van der Waals surface area contributed by atoms with Gasteiger partial charge in [-0.25, -0.2) is 0 Å². The van der Waals surface area contributed by atoms with Crippen LogP contribution in [0.3, 0.4) is 0 Å². The largest absolute Gasteiger partial charge is 0.348 e. The van der Waals surface area contributed by atoms with Gasteiger partial charge in [0.05, 0.1) is 0 Å². The maximum absolute atomic E-state index is 12.7. The molecule has 1 saturated carbocycles. The molecule has 0 aliphatic heterocycles. The van der Waals surface area contributed by atoms with Crippen LogP contribution >= 0.6 is 0 Å². The first-order chi connectivity index (χ1) is 15.7. The molecule has 0 saturated heterocycles. The van der Waals surface area contributed by atoms with Gasteiger partial charge in [0.25, 0.3) is 5.91 Å². The minimum absolute atomic E-state index is 0.0293.